The first kappa shape index (κ1) is 14.0. The molecule has 0 aliphatic heterocycles. The van der Waals surface area contributed by atoms with Crippen LogP contribution in [0.2, 0.25) is 0 Å². The smallest absolute Gasteiger partial charge is 0.131 e. The van der Waals surface area contributed by atoms with Crippen LogP contribution in [0.5, 0.6) is 0 Å². The molecule has 2 rings (SSSR count). The maximum Gasteiger partial charge on any atom is 0.131 e. The molecule has 0 heterocycles. The zero-order chi connectivity index (χ0) is 13.7. The monoisotopic (exact) mass is 259 g/mol. The quantitative estimate of drug-likeness (QED) is 0.821. The second-order valence-electron chi connectivity index (χ2n) is 5.29. The standard InChI is InChI=1S/C17H22FN/c1-13(11-12-19-2)7-8-14-9-10-17(18)16-6-4-3-5-15(14)16/h3-6,9-10,13,19H,7-8,11-12H2,1-2H3. The summed E-state index contributed by atoms with van der Waals surface area (Å²) in [7, 11) is 1.99. The van der Waals surface area contributed by atoms with Crippen LogP contribution < -0.4 is 5.32 Å². The van der Waals surface area contributed by atoms with Crippen molar-refractivity contribution in [1.82, 2.24) is 5.32 Å². The Kier molecular flexibility index (Phi) is 4.92. The molecule has 0 saturated heterocycles. The predicted molar refractivity (Wildman–Crippen MR) is 79.9 cm³/mol. The second kappa shape index (κ2) is 6.67. The van der Waals surface area contributed by atoms with Gasteiger partial charge in [0.05, 0.1) is 0 Å². The number of fused-ring (bicyclic) bond motifs is 1. The first-order chi connectivity index (χ1) is 9.22. The average Bonchev–Trinajstić information content (AvgIpc) is 2.45. The summed E-state index contributed by atoms with van der Waals surface area (Å²) < 4.78 is 13.7. The molecule has 0 fully saturated rings. The molecule has 0 saturated carbocycles. The number of hydrogen-bond acceptors (Lipinski definition) is 1. The molecule has 2 heteroatoms. The molecule has 1 unspecified atom stereocenters. The van der Waals surface area contributed by atoms with Crippen LogP contribution in [0.4, 0.5) is 4.39 Å². The van der Waals surface area contributed by atoms with Gasteiger partial charge in [-0.15, -0.1) is 0 Å². The summed E-state index contributed by atoms with van der Waals surface area (Å²) in [5.41, 5.74) is 1.26. The van der Waals surface area contributed by atoms with E-state index in [1.807, 2.05) is 37.4 Å². The van der Waals surface area contributed by atoms with E-state index in [2.05, 4.69) is 12.2 Å². The van der Waals surface area contributed by atoms with Crippen molar-refractivity contribution >= 4 is 10.8 Å². The number of aryl methyl sites for hydroxylation is 1. The van der Waals surface area contributed by atoms with Crippen LogP contribution >= 0.6 is 0 Å². The van der Waals surface area contributed by atoms with Gasteiger partial charge in [0.15, 0.2) is 0 Å². The molecule has 0 amide bonds. The van der Waals surface area contributed by atoms with Crippen molar-refractivity contribution < 1.29 is 4.39 Å². The fraction of sp³-hybridized carbons (Fsp3) is 0.412. The SMILES string of the molecule is CNCCC(C)CCc1ccc(F)c2ccccc12. The van der Waals surface area contributed by atoms with E-state index in [1.165, 1.54) is 12.0 Å². The Morgan fingerprint density at radius 1 is 1.05 bits per heavy atom. The zero-order valence-corrected chi connectivity index (χ0v) is 11.7. The van der Waals surface area contributed by atoms with Crippen LogP contribution in [0.1, 0.15) is 25.3 Å². The van der Waals surface area contributed by atoms with Crippen LogP contribution in [0.25, 0.3) is 10.8 Å². The highest BCUT2D eigenvalue weighted by molar-refractivity contribution is 5.86. The van der Waals surface area contributed by atoms with Gasteiger partial charge in [0, 0.05) is 5.39 Å². The van der Waals surface area contributed by atoms with Crippen LogP contribution in [-0.4, -0.2) is 13.6 Å². The molecule has 0 spiro atoms. The predicted octanol–water partition coefficient (Wildman–Crippen LogP) is 4.16. The average molecular weight is 259 g/mol. The van der Waals surface area contributed by atoms with Crippen molar-refractivity contribution in [3.8, 4) is 0 Å². The topological polar surface area (TPSA) is 12.0 Å². The lowest BCUT2D eigenvalue weighted by molar-refractivity contribution is 0.482. The van der Waals surface area contributed by atoms with Crippen molar-refractivity contribution in [2.24, 2.45) is 5.92 Å². The molecule has 0 radical (unpaired) electrons. The van der Waals surface area contributed by atoms with Gasteiger partial charge in [-0.05, 0) is 55.8 Å². The van der Waals surface area contributed by atoms with Gasteiger partial charge in [0.2, 0.25) is 0 Å². The van der Waals surface area contributed by atoms with Crippen molar-refractivity contribution in [2.45, 2.75) is 26.2 Å². The van der Waals surface area contributed by atoms with Crippen molar-refractivity contribution in [1.29, 1.82) is 0 Å². The summed E-state index contributed by atoms with van der Waals surface area (Å²) in [6.07, 6.45) is 3.36. The molecule has 1 N–H and O–H groups in total. The summed E-state index contributed by atoms with van der Waals surface area (Å²) in [6, 6.07) is 11.3. The summed E-state index contributed by atoms with van der Waals surface area (Å²) in [5.74, 6) is 0.568. The van der Waals surface area contributed by atoms with Crippen LogP contribution in [-0.2, 0) is 6.42 Å². The minimum Gasteiger partial charge on any atom is -0.320 e. The molecule has 1 atom stereocenters. The van der Waals surface area contributed by atoms with Gasteiger partial charge in [-0.2, -0.15) is 0 Å². The third-order valence-electron chi connectivity index (χ3n) is 3.75. The van der Waals surface area contributed by atoms with Crippen LogP contribution in [0.15, 0.2) is 36.4 Å². The molecule has 2 aromatic rings. The third kappa shape index (κ3) is 3.54. The second-order valence-corrected chi connectivity index (χ2v) is 5.29. The molecule has 102 valence electrons. The zero-order valence-electron chi connectivity index (χ0n) is 11.7. The Balaban J connectivity index is 2.11. The van der Waals surface area contributed by atoms with E-state index >= 15 is 0 Å². The van der Waals surface area contributed by atoms with Crippen LogP contribution in [0.3, 0.4) is 0 Å². The lowest BCUT2D eigenvalue weighted by Gasteiger charge is -2.12. The van der Waals surface area contributed by atoms with E-state index in [-0.39, 0.29) is 5.82 Å². The highest BCUT2D eigenvalue weighted by Crippen LogP contribution is 2.24. The Labute approximate surface area is 114 Å². The summed E-state index contributed by atoms with van der Waals surface area (Å²) in [6.45, 7) is 3.34. The minimum absolute atomic E-state index is 0.123. The summed E-state index contributed by atoms with van der Waals surface area (Å²) in [5, 5.41) is 4.98. The Morgan fingerprint density at radius 2 is 1.79 bits per heavy atom. The molecular weight excluding hydrogens is 237 g/mol. The van der Waals surface area contributed by atoms with Gasteiger partial charge in [0.25, 0.3) is 0 Å². The Morgan fingerprint density at radius 3 is 2.53 bits per heavy atom. The minimum atomic E-state index is -0.123. The van der Waals surface area contributed by atoms with E-state index in [0.717, 1.165) is 30.2 Å². The first-order valence-corrected chi connectivity index (χ1v) is 7.03. The molecule has 0 aliphatic rings. The number of benzene rings is 2. The highest BCUT2D eigenvalue weighted by Gasteiger charge is 2.07. The Bertz CT molecular complexity index is 536. The van der Waals surface area contributed by atoms with E-state index < -0.39 is 0 Å². The largest absolute Gasteiger partial charge is 0.320 e. The van der Waals surface area contributed by atoms with Gasteiger partial charge >= 0.3 is 0 Å². The number of rotatable bonds is 6. The maximum absolute atomic E-state index is 13.7. The normalized spacial score (nSPS) is 12.8. The van der Waals surface area contributed by atoms with Crippen molar-refractivity contribution in [3.05, 3.63) is 47.8 Å². The van der Waals surface area contributed by atoms with Gasteiger partial charge in [-0.3, -0.25) is 0 Å². The lowest BCUT2D eigenvalue weighted by Crippen LogP contribution is -2.12. The van der Waals surface area contributed by atoms with E-state index in [9.17, 15) is 4.39 Å². The van der Waals surface area contributed by atoms with Gasteiger partial charge < -0.3 is 5.32 Å². The maximum atomic E-state index is 13.7. The van der Waals surface area contributed by atoms with Gasteiger partial charge in [-0.25, -0.2) is 4.39 Å². The van der Waals surface area contributed by atoms with E-state index in [1.54, 1.807) is 6.07 Å². The third-order valence-corrected chi connectivity index (χ3v) is 3.75. The Hall–Kier alpha value is -1.41. The fourth-order valence-electron chi connectivity index (χ4n) is 2.48. The van der Waals surface area contributed by atoms with E-state index in [0.29, 0.717) is 5.92 Å². The van der Waals surface area contributed by atoms with Gasteiger partial charge in [-0.1, -0.05) is 37.3 Å². The molecule has 2 aromatic carbocycles. The highest BCUT2D eigenvalue weighted by atomic mass is 19.1. The lowest BCUT2D eigenvalue weighted by atomic mass is 9.95. The summed E-state index contributed by atoms with van der Waals surface area (Å²) >= 11 is 0. The first-order valence-electron chi connectivity index (χ1n) is 7.03. The number of nitrogens with one attached hydrogen (secondary N) is 1. The fourth-order valence-corrected chi connectivity index (χ4v) is 2.48. The molecular formula is C17H22FN. The summed E-state index contributed by atoms with van der Waals surface area (Å²) in [4.78, 5) is 0. The van der Waals surface area contributed by atoms with Crippen LogP contribution in [0, 0.1) is 11.7 Å². The molecule has 0 aromatic heterocycles. The molecule has 0 aliphatic carbocycles. The molecule has 0 bridgehead atoms. The van der Waals surface area contributed by atoms with Gasteiger partial charge in [0.1, 0.15) is 5.82 Å². The van der Waals surface area contributed by atoms with Crippen molar-refractivity contribution in [2.75, 3.05) is 13.6 Å². The number of halogens is 1. The molecule has 1 nitrogen and oxygen atoms in total. The van der Waals surface area contributed by atoms with Crippen molar-refractivity contribution in [3.63, 3.8) is 0 Å². The number of hydrogen-bond donors (Lipinski definition) is 1. The van der Waals surface area contributed by atoms with E-state index in [4.69, 9.17) is 0 Å². The molecule has 19 heavy (non-hydrogen) atoms.